The number of nitrogens with zero attached hydrogens (tertiary/aromatic N) is 1. The van der Waals surface area contributed by atoms with Gasteiger partial charge in [-0.05, 0) is 37.7 Å². The van der Waals surface area contributed by atoms with E-state index in [2.05, 4.69) is 43.8 Å². The Balaban J connectivity index is 2.24. The Bertz CT molecular complexity index is 739. The average Bonchev–Trinajstić information content (AvgIpc) is 3.08. The minimum absolute atomic E-state index is 1.21. The van der Waals surface area contributed by atoms with Gasteiger partial charge in [-0.2, -0.15) is 0 Å². The van der Waals surface area contributed by atoms with Crippen molar-refractivity contribution in [3.05, 3.63) is 29.6 Å². The molecule has 0 unspecified atom stereocenters. The topological polar surface area (TPSA) is 3.88 Å². The SMILES string of the molecule is CCCCCCCCCCCCCCCCCCC[n+]1ccc(CCCCCCCCCCC)c(CCCCCCCCCCC)c1. The second kappa shape index (κ2) is 36.4. The van der Waals surface area contributed by atoms with Crippen LogP contribution in [0.2, 0.25) is 0 Å². The van der Waals surface area contributed by atoms with Gasteiger partial charge in [0.05, 0.1) is 0 Å². The molecule has 0 radical (unpaired) electrons. The number of hydrogen-bond donors (Lipinski definition) is 0. The number of unbranched alkanes of at least 4 members (excludes halogenated alkanes) is 32. The van der Waals surface area contributed by atoms with Gasteiger partial charge in [0.2, 0.25) is 0 Å². The van der Waals surface area contributed by atoms with Crippen molar-refractivity contribution < 1.29 is 4.57 Å². The van der Waals surface area contributed by atoms with Crippen LogP contribution >= 0.6 is 0 Å². The van der Waals surface area contributed by atoms with Gasteiger partial charge in [0, 0.05) is 18.1 Å². The molecular formula is C46H88N+. The minimum atomic E-state index is 1.21. The lowest BCUT2D eigenvalue weighted by Crippen LogP contribution is -2.34. The number of aryl methyl sites for hydroxylation is 3. The van der Waals surface area contributed by atoms with Crippen LogP contribution < -0.4 is 4.57 Å². The van der Waals surface area contributed by atoms with Crippen molar-refractivity contribution in [3.8, 4) is 0 Å². The quantitative estimate of drug-likeness (QED) is 0.0493. The lowest BCUT2D eigenvalue weighted by atomic mass is 9.97. The normalized spacial score (nSPS) is 11.6. The largest absolute Gasteiger partial charge is 0.205 e. The highest BCUT2D eigenvalue weighted by atomic mass is 14.9. The fourth-order valence-electron chi connectivity index (χ4n) is 7.50. The molecule has 1 rings (SSSR count). The predicted molar refractivity (Wildman–Crippen MR) is 213 cm³/mol. The molecule has 1 aromatic rings. The van der Waals surface area contributed by atoms with Crippen molar-refractivity contribution in [1.82, 2.24) is 0 Å². The zero-order valence-electron chi connectivity index (χ0n) is 33.0. The number of pyridine rings is 1. The van der Waals surface area contributed by atoms with Crippen LogP contribution in [0.15, 0.2) is 18.5 Å². The third-order valence-electron chi connectivity index (χ3n) is 10.8. The minimum Gasteiger partial charge on any atom is -0.205 e. The fraction of sp³-hybridized carbons (Fsp3) is 0.891. The smallest absolute Gasteiger partial charge is 0.172 e. The molecule has 0 amide bonds. The molecule has 1 heterocycles. The summed E-state index contributed by atoms with van der Waals surface area (Å²) >= 11 is 0. The summed E-state index contributed by atoms with van der Waals surface area (Å²) in [7, 11) is 0. The van der Waals surface area contributed by atoms with Crippen LogP contribution in [0.25, 0.3) is 0 Å². The second-order valence-electron chi connectivity index (χ2n) is 15.5. The third-order valence-corrected chi connectivity index (χ3v) is 10.8. The van der Waals surface area contributed by atoms with Crippen LogP contribution in [0.5, 0.6) is 0 Å². The van der Waals surface area contributed by atoms with Crippen LogP contribution in [0.1, 0.15) is 257 Å². The second-order valence-corrected chi connectivity index (χ2v) is 15.5. The maximum Gasteiger partial charge on any atom is 0.172 e. The summed E-state index contributed by atoms with van der Waals surface area (Å²) in [6, 6.07) is 2.50. The van der Waals surface area contributed by atoms with E-state index >= 15 is 0 Å². The van der Waals surface area contributed by atoms with Gasteiger partial charge in [0.1, 0.15) is 6.54 Å². The standard InChI is InChI=1S/C46H88N/c1-4-7-10-13-16-19-20-21-22-23-24-25-26-29-32-35-38-42-47-43-41-45(39-36-33-30-27-17-14-11-8-5-2)46(44-47)40-37-34-31-28-18-15-12-9-6-3/h41,43-44H,4-40,42H2,1-3H3/q+1. The number of hydrogen-bond acceptors (Lipinski definition) is 0. The molecule has 1 nitrogen and oxygen atoms in total. The molecule has 0 aliphatic rings. The van der Waals surface area contributed by atoms with Crippen molar-refractivity contribution in [3.63, 3.8) is 0 Å². The van der Waals surface area contributed by atoms with E-state index in [1.54, 1.807) is 11.1 Å². The Kier molecular flexibility index (Phi) is 34.2. The van der Waals surface area contributed by atoms with Crippen LogP contribution in [0, 0.1) is 0 Å². The molecule has 0 aliphatic carbocycles. The average molecular weight is 655 g/mol. The first-order chi connectivity index (χ1) is 23.3. The van der Waals surface area contributed by atoms with E-state index in [9.17, 15) is 0 Å². The Labute approximate surface area is 298 Å². The number of rotatable bonds is 38. The van der Waals surface area contributed by atoms with E-state index in [4.69, 9.17) is 0 Å². The van der Waals surface area contributed by atoms with Crippen LogP contribution in [0.3, 0.4) is 0 Å². The van der Waals surface area contributed by atoms with Crippen LogP contribution in [0.4, 0.5) is 0 Å². The van der Waals surface area contributed by atoms with Gasteiger partial charge >= 0.3 is 0 Å². The molecule has 0 bridgehead atoms. The van der Waals surface area contributed by atoms with Gasteiger partial charge in [0.15, 0.2) is 12.4 Å². The molecule has 1 heteroatoms. The van der Waals surface area contributed by atoms with Crippen LogP contribution in [-0.4, -0.2) is 0 Å². The van der Waals surface area contributed by atoms with Gasteiger partial charge in [-0.25, -0.2) is 4.57 Å². The van der Waals surface area contributed by atoms with E-state index < -0.39 is 0 Å². The Morgan fingerprint density at radius 2 is 0.596 bits per heavy atom. The number of aromatic nitrogens is 1. The highest BCUT2D eigenvalue weighted by Gasteiger charge is 2.10. The monoisotopic (exact) mass is 655 g/mol. The molecule has 0 saturated carbocycles. The predicted octanol–water partition coefficient (Wildman–Crippen LogP) is 15.8. The van der Waals surface area contributed by atoms with Crippen LogP contribution in [-0.2, 0) is 19.4 Å². The summed E-state index contributed by atoms with van der Waals surface area (Å²) in [5.41, 5.74) is 3.33. The molecule has 0 fully saturated rings. The first-order valence-corrected chi connectivity index (χ1v) is 22.3. The molecular weight excluding hydrogens is 567 g/mol. The fourth-order valence-corrected chi connectivity index (χ4v) is 7.50. The van der Waals surface area contributed by atoms with Gasteiger partial charge in [-0.1, -0.05) is 220 Å². The summed E-state index contributed by atoms with van der Waals surface area (Å²) in [4.78, 5) is 0. The van der Waals surface area contributed by atoms with Crippen molar-refractivity contribution in [2.45, 2.75) is 265 Å². The Morgan fingerprint density at radius 3 is 0.936 bits per heavy atom. The Morgan fingerprint density at radius 1 is 0.319 bits per heavy atom. The van der Waals surface area contributed by atoms with Gasteiger partial charge < -0.3 is 0 Å². The summed E-state index contributed by atoms with van der Waals surface area (Å²) in [6.07, 6.45) is 57.8. The van der Waals surface area contributed by atoms with Crippen molar-refractivity contribution in [1.29, 1.82) is 0 Å². The summed E-state index contributed by atoms with van der Waals surface area (Å²) in [5.74, 6) is 0. The van der Waals surface area contributed by atoms with Gasteiger partial charge in [0.25, 0.3) is 0 Å². The third kappa shape index (κ3) is 29.8. The molecule has 0 aromatic carbocycles. The highest BCUT2D eigenvalue weighted by molar-refractivity contribution is 5.21. The molecule has 47 heavy (non-hydrogen) atoms. The van der Waals surface area contributed by atoms with Gasteiger partial charge in [-0.3, -0.25) is 0 Å². The maximum absolute atomic E-state index is 2.56. The summed E-state index contributed by atoms with van der Waals surface area (Å²) in [5, 5.41) is 0. The van der Waals surface area contributed by atoms with E-state index in [0.717, 1.165) is 0 Å². The highest BCUT2D eigenvalue weighted by Crippen LogP contribution is 2.18. The van der Waals surface area contributed by atoms with E-state index in [-0.39, 0.29) is 0 Å². The zero-order valence-corrected chi connectivity index (χ0v) is 33.0. The molecule has 0 spiro atoms. The summed E-state index contributed by atoms with van der Waals surface area (Å²) < 4.78 is 2.54. The molecule has 0 atom stereocenters. The van der Waals surface area contributed by atoms with Crippen molar-refractivity contribution in [2.75, 3.05) is 0 Å². The molecule has 1 aromatic heterocycles. The van der Waals surface area contributed by atoms with E-state index in [1.165, 1.54) is 244 Å². The lowest BCUT2D eigenvalue weighted by molar-refractivity contribution is -0.697. The maximum atomic E-state index is 2.56. The van der Waals surface area contributed by atoms with Crippen molar-refractivity contribution >= 4 is 0 Å². The lowest BCUT2D eigenvalue weighted by Gasteiger charge is -2.10. The van der Waals surface area contributed by atoms with Gasteiger partial charge in [-0.15, -0.1) is 0 Å². The molecule has 276 valence electrons. The first-order valence-electron chi connectivity index (χ1n) is 22.3. The van der Waals surface area contributed by atoms with E-state index in [1.807, 2.05) is 0 Å². The van der Waals surface area contributed by atoms with E-state index in [0.29, 0.717) is 0 Å². The summed E-state index contributed by atoms with van der Waals surface area (Å²) in [6.45, 7) is 8.16. The molecule has 0 aliphatic heterocycles. The first kappa shape index (κ1) is 44.2. The Hall–Kier alpha value is -0.850. The van der Waals surface area contributed by atoms with Crippen molar-refractivity contribution in [2.24, 2.45) is 0 Å². The zero-order chi connectivity index (χ0) is 33.7. The molecule has 0 N–H and O–H groups in total. The molecule has 0 saturated heterocycles.